The number of benzene rings is 1. The minimum absolute atomic E-state index is 0.159. The van der Waals surface area contributed by atoms with E-state index in [2.05, 4.69) is 10.6 Å². The molecular formula is C16H17Cl2N3O5. The number of amides is 4. The van der Waals surface area contributed by atoms with Crippen molar-refractivity contribution >= 4 is 52.7 Å². The molecular weight excluding hydrogens is 385 g/mol. The number of carbonyl (C=O) groups excluding carboxylic acids is 4. The molecule has 2 N–H and O–H groups in total. The SMILES string of the molecule is CC[C@@]1(C)NC(=O)N(CC(=O)OCC(=O)Nc2cccc(Cl)c2Cl)C1=O. The van der Waals surface area contributed by atoms with E-state index in [0.29, 0.717) is 6.42 Å². The Morgan fingerprint density at radius 3 is 2.62 bits per heavy atom. The van der Waals surface area contributed by atoms with Crippen LogP contribution in [-0.2, 0) is 19.1 Å². The molecule has 0 aliphatic carbocycles. The van der Waals surface area contributed by atoms with Crippen molar-refractivity contribution in [2.45, 2.75) is 25.8 Å². The van der Waals surface area contributed by atoms with Crippen molar-refractivity contribution in [3.8, 4) is 0 Å². The zero-order chi connectivity index (χ0) is 19.5. The molecule has 140 valence electrons. The van der Waals surface area contributed by atoms with E-state index in [4.69, 9.17) is 27.9 Å². The summed E-state index contributed by atoms with van der Waals surface area (Å²) >= 11 is 11.8. The lowest BCUT2D eigenvalue weighted by Crippen LogP contribution is -2.43. The topological polar surface area (TPSA) is 105 Å². The molecule has 0 spiro atoms. The van der Waals surface area contributed by atoms with Gasteiger partial charge in [0, 0.05) is 0 Å². The number of nitrogens with one attached hydrogen (secondary N) is 2. The number of hydrogen-bond acceptors (Lipinski definition) is 5. The van der Waals surface area contributed by atoms with Gasteiger partial charge < -0.3 is 15.4 Å². The first-order valence-corrected chi connectivity index (χ1v) is 8.47. The van der Waals surface area contributed by atoms with Gasteiger partial charge in [0.1, 0.15) is 12.1 Å². The Labute approximate surface area is 159 Å². The van der Waals surface area contributed by atoms with E-state index in [9.17, 15) is 19.2 Å². The predicted octanol–water partition coefficient (Wildman–Crippen LogP) is 2.20. The number of rotatable bonds is 6. The number of ether oxygens (including phenoxy) is 1. The second-order valence-corrected chi connectivity index (χ2v) is 6.60. The maximum atomic E-state index is 12.2. The van der Waals surface area contributed by atoms with Gasteiger partial charge in [-0.05, 0) is 25.5 Å². The second kappa shape index (κ2) is 7.92. The Kier molecular flexibility index (Phi) is 6.09. The van der Waals surface area contributed by atoms with Gasteiger partial charge in [-0.2, -0.15) is 0 Å². The number of esters is 1. The van der Waals surface area contributed by atoms with Crippen molar-refractivity contribution in [2.75, 3.05) is 18.5 Å². The molecule has 2 rings (SSSR count). The van der Waals surface area contributed by atoms with E-state index in [1.807, 2.05) is 0 Å². The van der Waals surface area contributed by atoms with Crippen molar-refractivity contribution in [1.29, 1.82) is 0 Å². The van der Waals surface area contributed by atoms with Gasteiger partial charge in [0.25, 0.3) is 11.8 Å². The number of halogens is 2. The summed E-state index contributed by atoms with van der Waals surface area (Å²) in [5.41, 5.74) is -0.772. The van der Waals surface area contributed by atoms with Crippen LogP contribution in [0.3, 0.4) is 0 Å². The largest absolute Gasteiger partial charge is 0.454 e. The zero-order valence-electron chi connectivity index (χ0n) is 14.1. The summed E-state index contributed by atoms with van der Waals surface area (Å²) in [5, 5.41) is 5.39. The molecule has 0 aromatic heterocycles. The summed E-state index contributed by atoms with van der Waals surface area (Å²) in [6, 6.07) is 4.01. The van der Waals surface area contributed by atoms with E-state index in [-0.39, 0.29) is 15.7 Å². The Bertz CT molecular complexity index is 770. The second-order valence-electron chi connectivity index (χ2n) is 5.82. The third-order valence-corrected chi connectivity index (χ3v) is 4.75. The van der Waals surface area contributed by atoms with E-state index in [1.54, 1.807) is 26.0 Å². The highest BCUT2D eigenvalue weighted by atomic mass is 35.5. The van der Waals surface area contributed by atoms with Crippen LogP contribution in [0.15, 0.2) is 18.2 Å². The molecule has 0 saturated carbocycles. The molecule has 8 nitrogen and oxygen atoms in total. The van der Waals surface area contributed by atoms with Gasteiger partial charge in [-0.1, -0.05) is 36.2 Å². The summed E-state index contributed by atoms with van der Waals surface area (Å²) in [4.78, 5) is 48.5. The fraction of sp³-hybridized carbons (Fsp3) is 0.375. The molecule has 1 aromatic carbocycles. The summed E-state index contributed by atoms with van der Waals surface area (Å²) in [5.74, 6) is -2.04. The van der Waals surface area contributed by atoms with Crippen molar-refractivity contribution in [1.82, 2.24) is 10.2 Å². The zero-order valence-corrected chi connectivity index (χ0v) is 15.6. The minimum Gasteiger partial charge on any atom is -0.454 e. The Morgan fingerprint density at radius 2 is 2.00 bits per heavy atom. The normalized spacial score (nSPS) is 19.3. The number of carbonyl (C=O) groups is 4. The first-order valence-electron chi connectivity index (χ1n) is 7.71. The lowest BCUT2D eigenvalue weighted by Gasteiger charge is -2.18. The lowest BCUT2D eigenvalue weighted by atomic mass is 9.99. The first kappa shape index (κ1) is 20.0. The number of urea groups is 1. The van der Waals surface area contributed by atoms with Crippen LogP contribution in [0.2, 0.25) is 10.0 Å². The fourth-order valence-corrected chi connectivity index (χ4v) is 2.59. The Morgan fingerprint density at radius 1 is 1.31 bits per heavy atom. The Hall–Kier alpha value is -2.32. The van der Waals surface area contributed by atoms with Crippen molar-refractivity contribution in [2.24, 2.45) is 0 Å². The molecule has 1 aliphatic heterocycles. The van der Waals surface area contributed by atoms with Gasteiger partial charge in [0.2, 0.25) is 0 Å². The van der Waals surface area contributed by atoms with Crippen LogP contribution in [0.1, 0.15) is 20.3 Å². The highest BCUT2D eigenvalue weighted by Crippen LogP contribution is 2.29. The predicted molar refractivity (Wildman–Crippen MR) is 95.0 cm³/mol. The molecule has 10 heteroatoms. The van der Waals surface area contributed by atoms with Gasteiger partial charge in [-0.3, -0.25) is 19.3 Å². The number of anilines is 1. The lowest BCUT2D eigenvalue weighted by molar-refractivity contribution is -0.150. The van der Waals surface area contributed by atoms with E-state index in [1.165, 1.54) is 6.07 Å². The monoisotopic (exact) mass is 401 g/mol. The van der Waals surface area contributed by atoms with Crippen molar-refractivity contribution in [3.63, 3.8) is 0 Å². The molecule has 1 aromatic rings. The van der Waals surface area contributed by atoms with Crippen LogP contribution in [-0.4, -0.2) is 47.4 Å². The summed E-state index contributed by atoms with van der Waals surface area (Å²) in [6.07, 6.45) is 0.381. The third-order valence-electron chi connectivity index (χ3n) is 3.93. The first-order chi connectivity index (χ1) is 12.2. The number of hydrogen-bond donors (Lipinski definition) is 2. The maximum absolute atomic E-state index is 12.2. The molecule has 4 amide bonds. The van der Waals surface area contributed by atoms with Crippen LogP contribution in [0.5, 0.6) is 0 Å². The third kappa shape index (κ3) is 4.25. The highest BCUT2D eigenvalue weighted by Gasteiger charge is 2.47. The van der Waals surface area contributed by atoms with Gasteiger partial charge >= 0.3 is 12.0 Å². The van der Waals surface area contributed by atoms with Crippen LogP contribution in [0, 0.1) is 0 Å². The average molecular weight is 402 g/mol. The standard InChI is InChI=1S/C16H17Cl2N3O5/c1-3-16(2)14(24)21(15(25)20-16)7-12(23)26-8-11(22)19-10-6-4-5-9(17)13(10)18/h4-6H,3,7-8H2,1-2H3,(H,19,22)(H,20,25)/t16-/m1/s1. The molecule has 1 atom stereocenters. The van der Waals surface area contributed by atoms with Crippen molar-refractivity contribution in [3.05, 3.63) is 28.2 Å². The number of imide groups is 1. The van der Waals surface area contributed by atoms with E-state index in [0.717, 1.165) is 4.90 Å². The molecule has 0 unspecified atom stereocenters. The molecule has 0 bridgehead atoms. The van der Waals surface area contributed by atoms with Gasteiger partial charge in [-0.15, -0.1) is 0 Å². The van der Waals surface area contributed by atoms with Gasteiger partial charge in [0.05, 0.1) is 15.7 Å². The van der Waals surface area contributed by atoms with E-state index >= 15 is 0 Å². The molecule has 1 fully saturated rings. The molecule has 0 radical (unpaired) electrons. The summed E-state index contributed by atoms with van der Waals surface area (Å²) in [6.45, 7) is 2.13. The van der Waals surface area contributed by atoms with Gasteiger partial charge in [-0.25, -0.2) is 4.79 Å². The van der Waals surface area contributed by atoms with E-state index < -0.39 is 42.5 Å². The molecule has 1 heterocycles. The average Bonchev–Trinajstić information content (AvgIpc) is 2.81. The Balaban J connectivity index is 1.87. The van der Waals surface area contributed by atoms with Crippen LogP contribution in [0.25, 0.3) is 0 Å². The van der Waals surface area contributed by atoms with Crippen molar-refractivity contribution < 1.29 is 23.9 Å². The van der Waals surface area contributed by atoms with Crippen LogP contribution in [0.4, 0.5) is 10.5 Å². The van der Waals surface area contributed by atoms with Crippen LogP contribution < -0.4 is 10.6 Å². The van der Waals surface area contributed by atoms with Crippen LogP contribution >= 0.6 is 23.2 Å². The summed E-state index contributed by atoms with van der Waals surface area (Å²) in [7, 11) is 0. The van der Waals surface area contributed by atoms with Gasteiger partial charge in [0.15, 0.2) is 6.61 Å². The number of nitrogens with zero attached hydrogens (tertiary/aromatic N) is 1. The quantitative estimate of drug-likeness (QED) is 0.561. The molecule has 26 heavy (non-hydrogen) atoms. The minimum atomic E-state index is -1.04. The summed E-state index contributed by atoms with van der Waals surface area (Å²) < 4.78 is 4.81. The molecule has 1 saturated heterocycles. The maximum Gasteiger partial charge on any atom is 0.326 e. The molecule has 1 aliphatic rings. The highest BCUT2D eigenvalue weighted by molar-refractivity contribution is 6.44. The fourth-order valence-electron chi connectivity index (χ4n) is 2.24. The smallest absolute Gasteiger partial charge is 0.326 e.